The van der Waals surface area contributed by atoms with Crippen LogP contribution >= 0.6 is 0 Å². The van der Waals surface area contributed by atoms with Gasteiger partial charge in [-0.25, -0.2) is 0 Å². The molecule has 1 fully saturated rings. The van der Waals surface area contributed by atoms with Gasteiger partial charge in [0.1, 0.15) is 0 Å². The van der Waals surface area contributed by atoms with Crippen LogP contribution in [0.15, 0.2) is 11.6 Å². The van der Waals surface area contributed by atoms with E-state index >= 15 is 0 Å². The van der Waals surface area contributed by atoms with E-state index in [9.17, 15) is 9.90 Å². The Bertz CT molecular complexity index is 287. The summed E-state index contributed by atoms with van der Waals surface area (Å²) in [6.07, 6.45) is 8.48. The summed E-state index contributed by atoms with van der Waals surface area (Å²) in [6.45, 7) is 0. The molecule has 0 aromatic carbocycles. The van der Waals surface area contributed by atoms with E-state index < -0.39 is 11.6 Å². The minimum Gasteiger partial charge on any atom is -0.481 e. The van der Waals surface area contributed by atoms with E-state index in [-0.39, 0.29) is 5.92 Å². The molecule has 84 valence electrons. The van der Waals surface area contributed by atoms with E-state index in [0.29, 0.717) is 12.8 Å². The lowest BCUT2D eigenvalue weighted by Gasteiger charge is -2.43. The largest absolute Gasteiger partial charge is 0.481 e. The molecule has 15 heavy (non-hydrogen) atoms. The van der Waals surface area contributed by atoms with Crippen molar-refractivity contribution in [3.8, 4) is 0 Å². The smallest absolute Gasteiger partial charge is 0.306 e. The summed E-state index contributed by atoms with van der Waals surface area (Å²) in [4.78, 5) is 10.7. The van der Waals surface area contributed by atoms with Crippen molar-refractivity contribution in [1.29, 1.82) is 0 Å². The molecule has 3 nitrogen and oxygen atoms in total. The van der Waals surface area contributed by atoms with E-state index in [0.717, 1.165) is 24.8 Å². The number of rotatable bonds is 2. The Morgan fingerprint density at radius 1 is 1.33 bits per heavy atom. The Hall–Kier alpha value is -0.830. The normalized spacial score (nSPS) is 36.3. The van der Waals surface area contributed by atoms with Crippen LogP contribution in [0.4, 0.5) is 0 Å². The Balaban J connectivity index is 1.99. The van der Waals surface area contributed by atoms with Crippen molar-refractivity contribution in [2.75, 3.05) is 0 Å². The quantitative estimate of drug-likeness (QED) is 0.686. The molecule has 0 aromatic rings. The van der Waals surface area contributed by atoms with E-state index in [4.69, 9.17) is 5.11 Å². The van der Waals surface area contributed by atoms with E-state index in [1.807, 2.05) is 0 Å². The van der Waals surface area contributed by atoms with Crippen molar-refractivity contribution in [2.45, 2.75) is 50.5 Å². The zero-order valence-corrected chi connectivity index (χ0v) is 8.91. The zero-order chi connectivity index (χ0) is 10.9. The second kappa shape index (κ2) is 3.97. The molecule has 2 rings (SSSR count). The molecule has 0 spiro atoms. The van der Waals surface area contributed by atoms with Crippen molar-refractivity contribution in [1.82, 2.24) is 0 Å². The van der Waals surface area contributed by atoms with Crippen LogP contribution in [0, 0.1) is 5.92 Å². The molecule has 0 amide bonds. The average Bonchev–Trinajstić information content (AvgIpc) is 2.40. The van der Waals surface area contributed by atoms with Crippen LogP contribution < -0.4 is 0 Å². The standard InChI is InChI=1S/C12H18O3/c13-11(14)9-7-12(15,8-9)10-5-3-1-2-4-6-10/h5,9,15H,1-4,6-8H2,(H,13,14). The lowest BCUT2D eigenvalue weighted by atomic mass is 9.66. The molecular weight excluding hydrogens is 192 g/mol. The molecule has 0 bridgehead atoms. The first-order chi connectivity index (χ1) is 7.12. The number of hydrogen-bond donors (Lipinski definition) is 2. The Morgan fingerprint density at radius 2 is 2.07 bits per heavy atom. The number of carboxylic acid groups (broad SMARTS) is 1. The van der Waals surface area contributed by atoms with Gasteiger partial charge in [-0.1, -0.05) is 12.5 Å². The Kier molecular flexibility index (Phi) is 2.83. The Morgan fingerprint density at radius 3 is 2.73 bits per heavy atom. The highest BCUT2D eigenvalue weighted by Gasteiger charge is 2.48. The van der Waals surface area contributed by atoms with Gasteiger partial charge in [0.05, 0.1) is 11.5 Å². The van der Waals surface area contributed by atoms with Crippen molar-refractivity contribution >= 4 is 5.97 Å². The number of carboxylic acids is 1. The summed E-state index contributed by atoms with van der Waals surface area (Å²) in [6, 6.07) is 0. The summed E-state index contributed by atoms with van der Waals surface area (Å²) in [5.41, 5.74) is 0.311. The second-order valence-corrected chi connectivity index (χ2v) is 4.80. The molecule has 2 aliphatic rings. The summed E-state index contributed by atoms with van der Waals surface area (Å²) in [5.74, 6) is -1.10. The predicted octanol–water partition coefficient (Wildman–Crippen LogP) is 2.10. The van der Waals surface area contributed by atoms with E-state index in [1.54, 1.807) is 0 Å². The fourth-order valence-electron chi connectivity index (χ4n) is 2.63. The van der Waals surface area contributed by atoms with Crippen molar-refractivity contribution < 1.29 is 15.0 Å². The predicted molar refractivity (Wildman–Crippen MR) is 56.5 cm³/mol. The maximum atomic E-state index is 10.7. The first-order valence-corrected chi connectivity index (χ1v) is 5.76. The summed E-state index contributed by atoms with van der Waals surface area (Å²) < 4.78 is 0. The topological polar surface area (TPSA) is 57.5 Å². The lowest BCUT2D eigenvalue weighted by Crippen LogP contribution is -2.48. The molecule has 0 aromatic heterocycles. The van der Waals surface area contributed by atoms with Gasteiger partial charge in [0.15, 0.2) is 0 Å². The monoisotopic (exact) mass is 210 g/mol. The summed E-state index contributed by atoms with van der Waals surface area (Å²) in [7, 11) is 0. The van der Waals surface area contributed by atoms with Crippen LogP contribution in [0.3, 0.4) is 0 Å². The molecule has 3 heteroatoms. The highest BCUT2D eigenvalue weighted by molar-refractivity contribution is 5.72. The first-order valence-electron chi connectivity index (χ1n) is 5.76. The van der Waals surface area contributed by atoms with Crippen LogP contribution in [0.5, 0.6) is 0 Å². The third-order valence-electron chi connectivity index (χ3n) is 3.66. The van der Waals surface area contributed by atoms with Crippen LogP contribution in [0.1, 0.15) is 44.9 Å². The van der Waals surface area contributed by atoms with E-state index in [1.165, 1.54) is 12.8 Å². The van der Waals surface area contributed by atoms with Gasteiger partial charge < -0.3 is 10.2 Å². The molecule has 0 heterocycles. The number of allylic oxidation sites excluding steroid dienone is 1. The molecule has 0 atom stereocenters. The van der Waals surface area contributed by atoms with Gasteiger partial charge in [-0.05, 0) is 44.1 Å². The van der Waals surface area contributed by atoms with Crippen molar-refractivity contribution in [3.63, 3.8) is 0 Å². The zero-order valence-electron chi connectivity index (χ0n) is 8.91. The van der Waals surface area contributed by atoms with Crippen molar-refractivity contribution in [3.05, 3.63) is 11.6 Å². The van der Waals surface area contributed by atoms with Gasteiger partial charge >= 0.3 is 5.97 Å². The Labute approximate surface area is 89.8 Å². The van der Waals surface area contributed by atoms with Gasteiger partial charge in [0, 0.05) is 0 Å². The van der Waals surface area contributed by atoms with Crippen LogP contribution in [0.2, 0.25) is 0 Å². The maximum Gasteiger partial charge on any atom is 0.306 e. The van der Waals surface area contributed by atoms with E-state index in [2.05, 4.69) is 6.08 Å². The average molecular weight is 210 g/mol. The minimum absolute atomic E-state index is 0.334. The second-order valence-electron chi connectivity index (χ2n) is 4.80. The maximum absolute atomic E-state index is 10.7. The highest BCUT2D eigenvalue weighted by Crippen LogP contribution is 2.45. The molecule has 2 N–H and O–H groups in total. The SMILES string of the molecule is O=C(O)C1CC(O)(C2=CCCCCC2)C1. The number of aliphatic hydroxyl groups is 1. The third kappa shape index (κ3) is 2.07. The van der Waals surface area contributed by atoms with Crippen LogP contribution in [-0.2, 0) is 4.79 Å². The molecule has 0 saturated heterocycles. The molecule has 0 radical (unpaired) electrons. The van der Waals surface area contributed by atoms with Crippen LogP contribution in [0.25, 0.3) is 0 Å². The van der Waals surface area contributed by atoms with Gasteiger partial charge in [0.2, 0.25) is 0 Å². The molecule has 0 aliphatic heterocycles. The lowest BCUT2D eigenvalue weighted by molar-refractivity contribution is -0.154. The highest BCUT2D eigenvalue weighted by atomic mass is 16.4. The van der Waals surface area contributed by atoms with Crippen molar-refractivity contribution in [2.24, 2.45) is 5.92 Å². The van der Waals surface area contributed by atoms with Crippen LogP contribution in [-0.4, -0.2) is 21.8 Å². The number of aliphatic carboxylic acids is 1. The molecule has 1 saturated carbocycles. The molecule has 2 aliphatic carbocycles. The molecule has 0 unspecified atom stereocenters. The fraction of sp³-hybridized carbons (Fsp3) is 0.750. The minimum atomic E-state index is -0.784. The van der Waals surface area contributed by atoms with Gasteiger partial charge in [-0.15, -0.1) is 0 Å². The molecular formula is C12H18O3. The number of carbonyl (C=O) groups is 1. The van der Waals surface area contributed by atoms with Gasteiger partial charge in [-0.2, -0.15) is 0 Å². The summed E-state index contributed by atoms with van der Waals surface area (Å²) in [5, 5.41) is 19.0. The van der Waals surface area contributed by atoms with Gasteiger partial charge in [-0.3, -0.25) is 4.79 Å². The fourth-order valence-corrected chi connectivity index (χ4v) is 2.63. The first kappa shape index (κ1) is 10.7. The van der Waals surface area contributed by atoms with Gasteiger partial charge in [0.25, 0.3) is 0 Å². The summed E-state index contributed by atoms with van der Waals surface area (Å²) >= 11 is 0. The third-order valence-corrected chi connectivity index (χ3v) is 3.66. The number of hydrogen-bond acceptors (Lipinski definition) is 2.